The zero-order valence-electron chi connectivity index (χ0n) is 16.3. The summed E-state index contributed by atoms with van der Waals surface area (Å²) in [7, 11) is 0. The van der Waals surface area contributed by atoms with Gasteiger partial charge >= 0.3 is 0 Å². The van der Waals surface area contributed by atoms with Crippen LogP contribution in [0, 0.1) is 20.8 Å². The van der Waals surface area contributed by atoms with Gasteiger partial charge in [-0.15, -0.1) is 0 Å². The van der Waals surface area contributed by atoms with Crippen LogP contribution < -0.4 is 10.9 Å². The Morgan fingerprint density at radius 3 is 2.76 bits per heavy atom. The number of thiazole rings is 1. The van der Waals surface area contributed by atoms with Crippen LogP contribution >= 0.6 is 11.3 Å². The van der Waals surface area contributed by atoms with Gasteiger partial charge in [0.2, 0.25) is 11.9 Å². The lowest BCUT2D eigenvalue weighted by Crippen LogP contribution is -2.15. The van der Waals surface area contributed by atoms with Crippen LogP contribution in [0.5, 0.6) is 0 Å². The maximum absolute atomic E-state index is 12.4. The Bertz CT molecular complexity index is 1240. The van der Waals surface area contributed by atoms with Crippen molar-refractivity contribution >= 4 is 32.6 Å². The fraction of sp³-hybridized carbons (Fsp3) is 0.250. The van der Waals surface area contributed by atoms with E-state index < -0.39 is 0 Å². The molecule has 0 saturated heterocycles. The molecule has 0 unspecified atom stereocenters. The van der Waals surface area contributed by atoms with Crippen LogP contribution in [0.15, 0.2) is 35.1 Å². The maximum atomic E-state index is 12.4. The minimum Gasteiger partial charge on any atom is -0.302 e. The van der Waals surface area contributed by atoms with Crippen LogP contribution in [0.2, 0.25) is 0 Å². The zero-order valence-corrected chi connectivity index (χ0v) is 17.1. The number of carbonyl (C=O) groups excluding carboxylic acids is 1. The highest BCUT2D eigenvalue weighted by molar-refractivity contribution is 7.22. The molecular weight excluding hydrogens is 388 g/mol. The van der Waals surface area contributed by atoms with Gasteiger partial charge in [-0.25, -0.2) is 14.6 Å². The Hall–Kier alpha value is -3.33. The summed E-state index contributed by atoms with van der Waals surface area (Å²) in [4.78, 5) is 35.7. The van der Waals surface area contributed by atoms with Crippen molar-refractivity contribution in [3.8, 4) is 5.95 Å². The number of hydrogen-bond acceptors (Lipinski definition) is 6. The monoisotopic (exact) mass is 408 g/mol. The number of aromatic amines is 1. The highest BCUT2D eigenvalue weighted by Gasteiger charge is 2.16. The molecule has 4 aromatic rings. The molecule has 29 heavy (non-hydrogen) atoms. The Morgan fingerprint density at radius 1 is 1.21 bits per heavy atom. The van der Waals surface area contributed by atoms with E-state index in [4.69, 9.17) is 0 Å². The zero-order chi connectivity index (χ0) is 20.5. The number of amides is 1. The van der Waals surface area contributed by atoms with Crippen molar-refractivity contribution in [1.29, 1.82) is 0 Å². The van der Waals surface area contributed by atoms with Gasteiger partial charge in [-0.3, -0.25) is 14.6 Å². The van der Waals surface area contributed by atoms with Crippen LogP contribution in [0.4, 0.5) is 5.13 Å². The molecule has 148 valence electrons. The number of aromatic nitrogens is 5. The van der Waals surface area contributed by atoms with E-state index in [1.807, 2.05) is 38.1 Å². The number of hydrogen-bond donors (Lipinski definition) is 2. The third kappa shape index (κ3) is 3.95. The van der Waals surface area contributed by atoms with Crippen LogP contribution in [-0.4, -0.2) is 30.6 Å². The number of carbonyl (C=O) groups is 1. The summed E-state index contributed by atoms with van der Waals surface area (Å²) >= 11 is 1.46. The van der Waals surface area contributed by atoms with E-state index in [9.17, 15) is 9.59 Å². The van der Waals surface area contributed by atoms with Gasteiger partial charge in [0.25, 0.3) is 5.56 Å². The van der Waals surface area contributed by atoms with Crippen molar-refractivity contribution in [3.05, 3.63) is 63.3 Å². The van der Waals surface area contributed by atoms with Crippen molar-refractivity contribution in [3.63, 3.8) is 0 Å². The van der Waals surface area contributed by atoms with Crippen molar-refractivity contribution in [1.82, 2.24) is 24.7 Å². The van der Waals surface area contributed by atoms with Crippen LogP contribution in [0.1, 0.15) is 29.1 Å². The molecule has 0 aliphatic carbocycles. The van der Waals surface area contributed by atoms with E-state index in [-0.39, 0.29) is 11.5 Å². The molecule has 2 N–H and O–H groups in total. The molecule has 0 bridgehead atoms. The van der Waals surface area contributed by atoms with Crippen molar-refractivity contribution in [2.24, 2.45) is 0 Å². The average molecular weight is 408 g/mol. The normalized spacial score (nSPS) is 11.1. The molecule has 3 heterocycles. The molecule has 9 heteroatoms. The molecule has 1 amide bonds. The second-order valence-corrected chi connectivity index (χ2v) is 7.84. The van der Waals surface area contributed by atoms with E-state index >= 15 is 0 Å². The molecule has 1 aromatic carbocycles. The minimum absolute atomic E-state index is 0.0994. The number of benzene rings is 1. The molecular formula is C20H20N6O2S. The fourth-order valence-electron chi connectivity index (χ4n) is 3.25. The standard InChI is InChI=1S/C20H20N6O2S/c1-11-10-18(28)23-19(21-11)26-13(3)14(12(2)25-26)8-9-17(27)24-20-22-15-6-4-5-7-16(15)29-20/h4-7,10H,8-9H2,1-3H3,(H,21,23,28)(H,22,24,27). The van der Waals surface area contributed by atoms with Crippen LogP contribution in [0.3, 0.4) is 0 Å². The molecule has 4 rings (SSSR count). The molecule has 0 fully saturated rings. The van der Waals surface area contributed by atoms with Crippen molar-refractivity contribution in [2.45, 2.75) is 33.6 Å². The first-order chi connectivity index (χ1) is 13.9. The average Bonchev–Trinajstić information content (AvgIpc) is 3.19. The summed E-state index contributed by atoms with van der Waals surface area (Å²) in [6.07, 6.45) is 0.839. The van der Waals surface area contributed by atoms with Gasteiger partial charge < -0.3 is 5.32 Å². The van der Waals surface area contributed by atoms with Gasteiger partial charge in [0.15, 0.2) is 5.13 Å². The van der Waals surface area contributed by atoms with E-state index in [0.717, 1.165) is 27.2 Å². The van der Waals surface area contributed by atoms with Gasteiger partial charge in [0, 0.05) is 23.9 Å². The minimum atomic E-state index is -0.225. The summed E-state index contributed by atoms with van der Waals surface area (Å²) in [6.45, 7) is 5.55. The van der Waals surface area contributed by atoms with Crippen molar-refractivity contribution < 1.29 is 4.79 Å². The number of H-pyrrole nitrogens is 1. The SMILES string of the molecule is Cc1cc(=O)[nH]c(-n2nc(C)c(CCC(=O)Nc3nc4ccccc4s3)c2C)n1. The first kappa shape index (κ1) is 19.0. The molecule has 8 nitrogen and oxygen atoms in total. The third-order valence-corrected chi connectivity index (χ3v) is 5.59. The quantitative estimate of drug-likeness (QED) is 0.528. The smallest absolute Gasteiger partial charge is 0.252 e. The summed E-state index contributed by atoms with van der Waals surface area (Å²) < 4.78 is 2.65. The molecule has 0 aliphatic rings. The number of nitrogens with zero attached hydrogens (tertiary/aromatic N) is 4. The first-order valence-electron chi connectivity index (χ1n) is 9.19. The summed E-state index contributed by atoms with van der Waals surface area (Å²) in [6, 6.07) is 9.21. The van der Waals surface area contributed by atoms with Crippen LogP contribution in [0.25, 0.3) is 16.2 Å². The number of aryl methyl sites for hydroxylation is 2. The number of para-hydroxylation sites is 1. The lowest BCUT2D eigenvalue weighted by atomic mass is 10.1. The largest absolute Gasteiger partial charge is 0.302 e. The molecule has 0 atom stereocenters. The Balaban J connectivity index is 1.48. The Kier molecular flexibility index (Phi) is 4.98. The first-order valence-corrected chi connectivity index (χ1v) is 10.0. The fourth-order valence-corrected chi connectivity index (χ4v) is 4.13. The van der Waals surface area contributed by atoms with Crippen LogP contribution in [-0.2, 0) is 11.2 Å². The van der Waals surface area contributed by atoms with E-state index in [2.05, 4.69) is 25.4 Å². The summed E-state index contributed by atoms with van der Waals surface area (Å²) in [5.74, 6) is 0.276. The summed E-state index contributed by atoms with van der Waals surface area (Å²) in [5.41, 5.74) is 3.89. The molecule has 0 spiro atoms. The predicted molar refractivity (Wildman–Crippen MR) is 113 cm³/mol. The lowest BCUT2D eigenvalue weighted by molar-refractivity contribution is -0.116. The second kappa shape index (κ2) is 7.59. The van der Waals surface area contributed by atoms with E-state index in [1.165, 1.54) is 17.4 Å². The number of rotatable bonds is 5. The topological polar surface area (TPSA) is 106 Å². The van der Waals surface area contributed by atoms with Gasteiger partial charge in [0.05, 0.1) is 15.9 Å². The molecule has 0 aliphatic heterocycles. The summed E-state index contributed by atoms with van der Waals surface area (Å²) in [5, 5.41) is 7.97. The lowest BCUT2D eigenvalue weighted by Gasteiger charge is -2.05. The van der Waals surface area contributed by atoms with Gasteiger partial charge in [0.1, 0.15) is 0 Å². The highest BCUT2D eigenvalue weighted by Crippen LogP contribution is 2.25. The Morgan fingerprint density at radius 2 is 2.00 bits per heavy atom. The second-order valence-electron chi connectivity index (χ2n) is 6.81. The van der Waals surface area contributed by atoms with Gasteiger partial charge in [-0.1, -0.05) is 23.5 Å². The number of nitrogens with one attached hydrogen (secondary N) is 2. The molecule has 0 radical (unpaired) electrons. The van der Waals surface area contributed by atoms with Crippen molar-refractivity contribution in [2.75, 3.05) is 5.32 Å². The van der Waals surface area contributed by atoms with E-state index in [1.54, 1.807) is 11.6 Å². The third-order valence-electron chi connectivity index (χ3n) is 4.64. The molecule has 0 saturated carbocycles. The predicted octanol–water partition coefficient (Wildman–Crippen LogP) is 3.06. The highest BCUT2D eigenvalue weighted by atomic mass is 32.1. The van der Waals surface area contributed by atoms with Gasteiger partial charge in [-0.2, -0.15) is 5.10 Å². The van der Waals surface area contributed by atoms with E-state index in [0.29, 0.717) is 29.6 Å². The maximum Gasteiger partial charge on any atom is 0.252 e. The molecule has 3 aromatic heterocycles. The van der Waals surface area contributed by atoms with Gasteiger partial charge in [-0.05, 0) is 44.9 Å². The number of anilines is 1. The Labute approximate surface area is 170 Å². The number of fused-ring (bicyclic) bond motifs is 1.